The fraction of sp³-hybridized carbons (Fsp3) is 0.312. The van der Waals surface area contributed by atoms with Crippen LogP contribution >= 0.6 is 0 Å². The maximum Gasteiger partial charge on any atom is 0.337 e. The predicted molar refractivity (Wildman–Crippen MR) is 159 cm³/mol. The van der Waals surface area contributed by atoms with E-state index in [4.69, 9.17) is 4.74 Å². The van der Waals surface area contributed by atoms with Crippen molar-refractivity contribution in [3.63, 3.8) is 0 Å². The van der Waals surface area contributed by atoms with Gasteiger partial charge in [-0.25, -0.2) is 22.9 Å². The smallest absolute Gasteiger partial charge is 0.337 e. The van der Waals surface area contributed by atoms with E-state index in [-0.39, 0.29) is 28.4 Å². The van der Waals surface area contributed by atoms with Crippen molar-refractivity contribution in [3.05, 3.63) is 101 Å². The number of amides is 1. The second-order valence-electron chi connectivity index (χ2n) is 10.2. The molecule has 0 spiro atoms. The number of benzene rings is 3. The summed E-state index contributed by atoms with van der Waals surface area (Å²) in [6.07, 6.45) is 1.49. The molecule has 1 aliphatic rings. The molecule has 9 heteroatoms. The average molecular weight is 576 g/mol. The van der Waals surface area contributed by atoms with Crippen molar-refractivity contribution in [2.24, 2.45) is 5.92 Å². The van der Waals surface area contributed by atoms with Crippen molar-refractivity contribution in [1.82, 2.24) is 15.2 Å². The molecule has 0 saturated carbocycles. The zero-order chi connectivity index (χ0) is 29.6. The quantitative estimate of drug-likeness (QED) is 0.307. The van der Waals surface area contributed by atoms with Crippen LogP contribution in [-0.4, -0.2) is 44.5 Å². The first-order valence-corrected chi connectivity index (χ1v) is 15.4. The summed E-state index contributed by atoms with van der Waals surface area (Å²) in [5, 5.41) is 2.10. The highest BCUT2D eigenvalue weighted by Crippen LogP contribution is 2.31. The van der Waals surface area contributed by atoms with E-state index in [1.807, 2.05) is 24.3 Å². The standard InChI is InChI=1S/C32H37N3O5S/c1-5-20-35-27(29(32(37)40-6-2)30(33-35)22(3)4)21-23-16-18-24(19-17-23)26-14-10-11-15-28(26)41(38,39)34-31(36)25-12-8-7-9-13-25/h7-19,22,27,33H,5-6,20-21H2,1-4H3,(H,34,36). The number of esters is 1. The van der Waals surface area contributed by atoms with Crippen molar-refractivity contribution in [1.29, 1.82) is 0 Å². The molecule has 3 aromatic rings. The Labute approximate surface area is 242 Å². The second kappa shape index (κ2) is 13.1. The van der Waals surface area contributed by atoms with Crippen LogP contribution in [0.1, 0.15) is 50.0 Å². The molecule has 2 N–H and O–H groups in total. The number of nitrogens with zero attached hydrogens (tertiary/aromatic N) is 1. The Morgan fingerprint density at radius 1 is 0.951 bits per heavy atom. The topological polar surface area (TPSA) is 105 Å². The molecule has 1 unspecified atom stereocenters. The van der Waals surface area contributed by atoms with Gasteiger partial charge in [-0.1, -0.05) is 81.4 Å². The number of allylic oxidation sites excluding steroid dienone is 1. The highest BCUT2D eigenvalue weighted by Gasteiger charge is 2.38. The zero-order valence-corrected chi connectivity index (χ0v) is 24.7. The van der Waals surface area contributed by atoms with Crippen LogP contribution in [0.3, 0.4) is 0 Å². The van der Waals surface area contributed by atoms with Crippen molar-refractivity contribution in [3.8, 4) is 11.1 Å². The van der Waals surface area contributed by atoms with Gasteiger partial charge in [0.25, 0.3) is 15.9 Å². The molecule has 1 heterocycles. The van der Waals surface area contributed by atoms with Crippen LogP contribution in [-0.2, 0) is 26.0 Å². The normalized spacial score (nSPS) is 15.6. The molecule has 1 amide bonds. The number of sulfonamides is 1. The minimum Gasteiger partial charge on any atom is -0.463 e. The third kappa shape index (κ3) is 6.86. The Morgan fingerprint density at radius 2 is 1.61 bits per heavy atom. The third-order valence-electron chi connectivity index (χ3n) is 6.93. The van der Waals surface area contributed by atoms with Crippen LogP contribution in [0.25, 0.3) is 11.1 Å². The Morgan fingerprint density at radius 3 is 2.24 bits per heavy atom. The number of carbonyl (C=O) groups excluding carboxylic acids is 2. The number of ether oxygens (including phenoxy) is 1. The zero-order valence-electron chi connectivity index (χ0n) is 23.9. The Hall–Kier alpha value is -3.95. The van der Waals surface area contributed by atoms with E-state index in [1.165, 1.54) is 6.07 Å². The molecule has 3 aromatic carbocycles. The van der Waals surface area contributed by atoms with E-state index in [0.29, 0.717) is 29.7 Å². The van der Waals surface area contributed by atoms with Crippen molar-refractivity contribution >= 4 is 21.9 Å². The molecular formula is C32H37N3O5S. The molecule has 8 nitrogen and oxygen atoms in total. The van der Waals surface area contributed by atoms with Gasteiger partial charge in [-0.2, -0.15) is 0 Å². The summed E-state index contributed by atoms with van der Waals surface area (Å²) in [7, 11) is -4.14. The van der Waals surface area contributed by atoms with Crippen LogP contribution in [0, 0.1) is 5.92 Å². The summed E-state index contributed by atoms with van der Waals surface area (Å²) in [6, 6.07) is 22.3. The van der Waals surface area contributed by atoms with Crippen LogP contribution in [0.15, 0.2) is 95.0 Å². The van der Waals surface area contributed by atoms with E-state index in [0.717, 1.165) is 24.2 Å². The number of carbonyl (C=O) groups is 2. The highest BCUT2D eigenvalue weighted by molar-refractivity contribution is 7.90. The van der Waals surface area contributed by atoms with Gasteiger partial charge >= 0.3 is 5.97 Å². The Balaban J connectivity index is 1.61. The number of rotatable bonds is 11. The van der Waals surface area contributed by atoms with E-state index in [2.05, 4.69) is 35.9 Å². The van der Waals surface area contributed by atoms with Gasteiger partial charge in [0, 0.05) is 23.4 Å². The Bertz CT molecular complexity index is 1520. The molecule has 1 atom stereocenters. The van der Waals surface area contributed by atoms with Gasteiger partial charge in [0.1, 0.15) is 0 Å². The third-order valence-corrected chi connectivity index (χ3v) is 8.32. The van der Waals surface area contributed by atoms with Gasteiger partial charge in [-0.3, -0.25) is 4.79 Å². The molecule has 0 saturated heterocycles. The summed E-state index contributed by atoms with van der Waals surface area (Å²) < 4.78 is 34.1. The van der Waals surface area contributed by atoms with E-state index in [9.17, 15) is 18.0 Å². The lowest BCUT2D eigenvalue weighted by Crippen LogP contribution is -2.42. The van der Waals surface area contributed by atoms with Crippen molar-refractivity contribution in [2.45, 2.75) is 51.5 Å². The van der Waals surface area contributed by atoms with E-state index < -0.39 is 15.9 Å². The van der Waals surface area contributed by atoms with Crippen LogP contribution < -0.4 is 10.1 Å². The lowest BCUT2D eigenvalue weighted by Gasteiger charge is -2.26. The molecule has 216 valence electrons. The van der Waals surface area contributed by atoms with Gasteiger partial charge < -0.3 is 10.2 Å². The summed E-state index contributed by atoms with van der Waals surface area (Å²) >= 11 is 0. The first-order valence-electron chi connectivity index (χ1n) is 13.9. The van der Waals surface area contributed by atoms with Gasteiger partial charge in [-0.05, 0) is 55.0 Å². The van der Waals surface area contributed by atoms with Gasteiger partial charge in [0.05, 0.1) is 23.1 Å². The molecule has 0 aliphatic carbocycles. The fourth-order valence-electron chi connectivity index (χ4n) is 5.00. The molecule has 1 aliphatic heterocycles. The van der Waals surface area contributed by atoms with Crippen LogP contribution in [0.5, 0.6) is 0 Å². The fourth-order valence-corrected chi connectivity index (χ4v) is 6.20. The Kier molecular flexibility index (Phi) is 9.62. The maximum absolute atomic E-state index is 13.3. The minimum atomic E-state index is -4.14. The monoisotopic (exact) mass is 575 g/mol. The molecule has 0 fully saturated rings. The second-order valence-corrected chi connectivity index (χ2v) is 11.9. The van der Waals surface area contributed by atoms with Gasteiger partial charge in [0.2, 0.25) is 0 Å². The van der Waals surface area contributed by atoms with Crippen molar-refractivity contribution < 1.29 is 22.7 Å². The summed E-state index contributed by atoms with van der Waals surface area (Å²) in [4.78, 5) is 25.6. The first kappa shape index (κ1) is 30.0. The molecule has 0 radical (unpaired) electrons. The number of hydrogen-bond donors (Lipinski definition) is 2. The molecule has 0 bridgehead atoms. The summed E-state index contributed by atoms with van der Waals surface area (Å²) in [5.41, 5.74) is 7.42. The average Bonchev–Trinajstić information content (AvgIpc) is 3.32. The van der Waals surface area contributed by atoms with Crippen LogP contribution in [0.2, 0.25) is 0 Å². The first-order chi connectivity index (χ1) is 19.7. The van der Waals surface area contributed by atoms with Gasteiger partial charge in [-0.15, -0.1) is 0 Å². The van der Waals surface area contributed by atoms with Crippen LogP contribution in [0.4, 0.5) is 0 Å². The minimum absolute atomic E-state index is 0.0141. The number of nitrogens with one attached hydrogen (secondary N) is 2. The molecular weight excluding hydrogens is 538 g/mol. The molecule has 0 aromatic heterocycles. The summed E-state index contributed by atoms with van der Waals surface area (Å²) in [5.74, 6) is -0.869. The largest absolute Gasteiger partial charge is 0.463 e. The number of hydrazine groups is 1. The van der Waals surface area contributed by atoms with E-state index >= 15 is 0 Å². The van der Waals surface area contributed by atoms with E-state index in [1.54, 1.807) is 55.5 Å². The highest BCUT2D eigenvalue weighted by atomic mass is 32.2. The maximum atomic E-state index is 13.3. The number of hydrogen-bond acceptors (Lipinski definition) is 7. The SMILES string of the molecule is CCCN1NC(C(C)C)=C(C(=O)OCC)C1Cc1ccc(-c2ccccc2S(=O)(=O)NC(=O)c2ccccc2)cc1. The lowest BCUT2D eigenvalue weighted by molar-refractivity contribution is -0.139. The van der Waals surface area contributed by atoms with Gasteiger partial charge in [0.15, 0.2) is 0 Å². The molecule has 41 heavy (non-hydrogen) atoms. The van der Waals surface area contributed by atoms with Crippen molar-refractivity contribution in [2.75, 3.05) is 13.2 Å². The molecule has 4 rings (SSSR count). The predicted octanol–water partition coefficient (Wildman–Crippen LogP) is 5.09. The lowest BCUT2D eigenvalue weighted by atomic mass is 9.94. The summed E-state index contributed by atoms with van der Waals surface area (Å²) in [6.45, 7) is 9.07.